The maximum atomic E-state index is 10.0. The monoisotopic (exact) mass is 251 g/mol. The van der Waals surface area contributed by atoms with Crippen LogP contribution < -0.4 is 0 Å². The number of halogens is 1. The van der Waals surface area contributed by atoms with Crippen LogP contribution in [0.3, 0.4) is 0 Å². The number of carbonyl (C=O) groups excluding carboxylic acids is 1. The smallest absolute Gasteiger partial charge is 0.225 e. The van der Waals surface area contributed by atoms with Crippen LogP contribution in [-0.4, -0.2) is 6.29 Å². The minimum atomic E-state index is 0.500. The van der Waals surface area contributed by atoms with Crippen molar-refractivity contribution in [3.63, 3.8) is 0 Å². The molecule has 1 nitrogen and oxygen atoms in total. The largest absolute Gasteiger partial charge is 0.286 e. The highest BCUT2D eigenvalue weighted by atomic mass is 79.9. The van der Waals surface area contributed by atoms with Gasteiger partial charge in [0.25, 0.3) is 0 Å². The average molecular weight is 252 g/mol. The molecule has 1 radical (unpaired) electrons. The lowest BCUT2D eigenvalue weighted by atomic mass is 10.0. The number of hydrogen-bond donors (Lipinski definition) is 0. The van der Waals surface area contributed by atoms with Gasteiger partial charge >= 0.3 is 0 Å². The van der Waals surface area contributed by atoms with Crippen molar-refractivity contribution in [1.82, 2.24) is 0 Å². The summed E-state index contributed by atoms with van der Waals surface area (Å²) in [5.41, 5.74) is 2.28. The Bertz CT molecular complexity index is 353. The fraction of sp³-hybridized carbons (Fsp3) is 0.250. The number of benzene rings is 1. The van der Waals surface area contributed by atoms with E-state index in [0.29, 0.717) is 5.92 Å². The van der Waals surface area contributed by atoms with Crippen LogP contribution in [-0.2, 0) is 4.79 Å². The van der Waals surface area contributed by atoms with Gasteiger partial charge in [-0.1, -0.05) is 48.0 Å². The molecule has 0 amide bonds. The molecule has 0 atom stereocenters. The van der Waals surface area contributed by atoms with Crippen molar-refractivity contribution in [2.24, 2.45) is 0 Å². The third-order valence-corrected chi connectivity index (χ3v) is 2.68. The predicted molar refractivity (Wildman–Crippen MR) is 63.0 cm³/mol. The first-order chi connectivity index (χ1) is 6.65. The number of hydrogen-bond acceptors (Lipinski definition) is 1. The van der Waals surface area contributed by atoms with Gasteiger partial charge in [-0.25, -0.2) is 0 Å². The van der Waals surface area contributed by atoms with Crippen molar-refractivity contribution in [3.8, 4) is 0 Å². The fourth-order valence-corrected chi connectivity index (χ4v) is 2.10. The van der Waals surface area contributed by atoms with Gasteiger partial charge in [-0.3, -0.25) is 4.79 Å². The first-order valence-electron chi connectivity index (χ1n) is 4.49. The molecule has 0 aliphatic heterocycles. The zero-order chi connectivity index (χ0) is 10.6. The number of allylic oxidation sites excluding steroid dienone is 1. The van der Waals surface area contributed by atoms with E-state index in [1.165, 1.54) is 11.6 Å². The molecule has 0 spiro atoms. The summed E-state index contributed by atoms with van der Waals surface area (Å²) in [6, 6.07) is 6.07. The molecule has 0 unspecified atom stereocenters. The Morgan fingerprint density at radius 3 is 2.64 bits per heavy atom. The van der Waals surface area contributed by atoms with E-state index in [-0.39, 0.29) is 0 Å². The molecule has 2 heteroatoms. The highest BCUT2D eigenvalue weighted by molar-refractivity contribution is 9.10. The maximum Gasteiger partial charge on any atom is 0.225 e. The molecule has 0 aliphatic rings. The molecular formula is C12H12BrO. The summed E-state index contributed by atoms with van der Waals surface area (Å²) in [6.07, 6.45) is 4.84. The zero-order valence-corrected chi connectivity index (χ0v) is 9.84. The molecule has 0 saturated heterocycles. The van der Waals surface area contributed by atoms with E-state index in [1.54, 1.807) is 12.4 Å². The molecule has 0 aromatic heterocycles. The molecule has 14 heavy (non-hydrogen) atoms. The average Bonchev–Trinajstić information content (AvgIpc) is 2.14. The fourth-order valence-electron chi connectivity index (χ4n) is 1.25. The molecule has 1 aromatic rings. The summed E-state index contributed by atoms with van der Waals surface area (Å²) in [5, 5.41) is 0. The van der Waals surface area contributed by atoms with Crippen molar-refractivity contribution < 1.29 is 4.79 Å². The predicted octanol–water partition coefficient (Wildman–Crippen LogP) is 3.70. The topological polar surface area (TPSA) is 17.1 Å². The Morgan fingerprint density at radius 2 is 2.14 bits per heavy atom. The van der Waals surface area contributed by atoms with Crippen LogP contribution in [0, 0.1) is 0 Å². The molecule has 0 bridgehead atoms. The summed E-state index contributed by atoms with van der Waals surface area (Å²) in [7, 11) is 0. The SMILES string of the molecule is CC(C)c1ccc(/C=C/[C]=O)cc1Br. The highest BCUT2D eigenvalue weighted by Crippen LogP contribution is 2.25. The Kier molecular flexibility index (Phi) is 4.08. The second-order valence-corrected chi connectivity index (χ2v) is 4.24. The maximum absolute atomic E-state index is 10.0. The Labute approximate surface area is 93.0 Å². The van der Waals surface area contributed by atoms with Crippen molar-refractivity contribution >= 4 is 28.3 Å². The number of rotatable bonds is 3. The molecule has 0 saturated carbocycles. The molecule has 0 fully saturated rings. The van der Waals surface area contributed by atoms with Gasteiger partial charge < -0.3 is 0 Å². The summed E-state index contributed by atoms with van der Waals surface area (Å²) in [4.78, 5) is 10.0. The Hall–Kier alpha value is -0.890. The third kappa shape index (κ3) is 2.81. The lowest BCUT2D eigenvalue weighted by Crippen LogP contribution is -1.89. The van der Waals surface area contributed by atoms with Crippen LogP contribution in [0.4, 0.5) is 0 Å². The van der Waals surface area contributed by atoms with Crippen molar-refractivity contribution in [3.05, 3.63) is 39.9 Å². The van der Waals surface area contributed by atoms with Gasteiger partial charge in [-0.2, -0.15) is 0 Å². The Balaban J connectivity index is 3.00. The normalized spacial score (nSPS) is 11.1. The molecule has 1 aromatic carbocycles. The van der Waals surface area contributed by atoms with E-state index in [9.17, 15) is 4.79 Å². The van der Waals surface area contributed by atoms with Gasteiger partial charge in [0.2, 0.25) is 6.29 Å². The molecule has 0 aliphatic carbocycles. The van der Waals surface area contributed by atoms with Gasteiger partial charge in [0.1, 0.15) is 0 Å². The highest BCUT2D eigenvalue weighted by Gasteiger charge is 2.03. The van der Waals surface area contributed by atoms with E-state index in [4.69, 9.17) is 0 Å². The van der Waals surface area contributed by atoms with Crippen LogP contribution >= 0.6 is 15.9 Å². The van der Waals surface area contributed by atoms with Gasteiger partial charge in [-0.05, 0) is 29.2 Å². The minimum Gasteiger partial charge on any atom is -0.286 e. The van der Waals surface area contributed by atoms with Crippen LogP contribution in [0.5, 0.6) is 0 Å². The standard InChI is InChI=1S/C12H12BrO/c1-9(2)11-6-5-10(4-3-7-14)8-12(11)13/h3-6,8-9H,1-2H3/b4-3+. The van der Waals surface area contributed by atoms with Crippen molar-refractivity contribution in [1.29, 1.82) is 0 Å². The summed E-state index contributed by atoms with van der Waals surface area (Å²) >= 11 is 3.51. The van der Waals surface area contributed by atoms with Crippen LogP contribution in [0.1, 0.15) is 30.9 Å². The molecule has 73 valence electrons. The summed E-state index contributed by atoms with van der Waals surface area (Å²) in [5.74, 6) is 0.500. The van der Waals surface area contributed by atoms with Crippen LogP contribution in [0.2, 0.25) is 0 Å². The minimum absolute atomic E-state index is 0.500. The molecular weight excluding hydrogens is 240 g/mol. The van der Waals surface area contributed by atoms with E-state index < -0.39 is 0 Å². The van der Waals surface area contributed by atoms with Crippen LogP contribution in [0.15, 0.2) is 28.7 Å². The lowest BCUT2D eigenvalue weighted by molar-refractivity contribution is 0.564. The van der Waals surface area contributed by atoms with E-state index in [1.807, 2.05) is 12.1 Å². The van der Waals surface area contributed by atoms with Gasteiger partial charge in [-0.15, -0.1) is 0 Å². The van der Waals surface area contributed by atoms with E-state index >= 15 is 0 Å². The first kappa shape index (κ1) is 11.2. The molecule has 0 N–H and O–H groups in total. The van der Waals surface area contributed by atoms with E-state index in [0.717, 1.165) is 10.0 Å². The second-order valence-electron chi connectivity index (χ2n) is 3.39. The first-order valence-corrected chi connectivity index (χ1v) is 5.28. The second kappa shape index (κ2) is 5.11. The van der Waals surface area contributed by atoms with Crippen LogP contribution in [0.25, 0.3) is 6.08 Å². The molecule has 0 heterocycles. The van der Waals surface area contributed by atoms with E-state index in [2.05, 4.69) is 35.8 Å². The molecule has 1 rings (SSSR count). The zero-order valence-electron chi connectivity index (χ0n) is 8.25. The summed E-state index contributed by atoms with van der Waals surface area (Å²) < 4.78 is 1.08. The third-order valence-electron chi connectivity index (χ3n) is 1.99. The Morgan fingerprint density at radius 1 is 1.43 bits per heavy atom. The van der Waals surface area contributed by atoms with Gasteiger partial charge in [0.15, 0.2) is 0 Å². The quantitative estimate of drug-likeness (QED) is 0.749. The van der Waals surface area contributed by atoms with Gasteiger partial charge in [0, 0.05) is 4.47 Å². The van der Waals surface area contributed by atoms with Crippen molar-refractivity contribution in [2.45, 2.75) is 19.8 Å². The summed E-state index contributed by atoms with van der Waals surface area (Å²) in [6.45, 7) is 4.30. The van der Waals surface area contributed by atoms with Gasteiger partial charge in [0.05, 0.1) is 0 Å². The lowest BCUT2D eigenvalue weighted by Gasteiger charge is -2.08. The van der Waals surface area contributed by atoms with Crippen molar-refractivity contribution in [2.75, 3.05) is 0 Å².